The quantitative estimate of drug-likeness (QED) is 0.0276. The molecule has 0 spiro atoms. The van der Waals surface area contributed by atoms with Gasteiger partial charge in [-0.3, -0.25) is 39.7 Å². The van der Waals surface area contributed by atoms with Gasteiger partial charge in [0.1, 0.15) is 15.5 Å². The normalized spacial score (nSPS) is 14.9. The number of carbonyl (C=O) groups is 2. The lowest BCUT2D eigenvalue weighted by molar-refractivity contribution is -0.384. The lowest BCUT2D eigenvalue weighted by Crippen LogP contribution is -2.28. The van der Waals surface area contributed by atoms with Crippen LogP contribution in [0.5, 0.6) is 0 Å². The van der Waals surface area contributed by atoms with Gasteiger partial charge >= 0.3 is 0 Å². The van der Waals surface area contributed by atoms with E-state index in [1.807, 2.05) is 24.3 Å². The number of fused-ring (bicyclic) bond motifs is 1. The van der Waals surface area contributed by atoms with Crippen molar-refractivity contribution in [2.45, 2.75) is 14.7 Å². The van der Waals surface area contributed by atoms with Gasteiger partial charge < -0.3 is 5.73 Å². The van der Waals surface area contributed by atoms with Crippen LogP contribution < -0.4 is 16.6 Å². The molecule has 0 unspecified atom stereocenters. The van der Waals surface area contributed by atoms with Crippen molar-refractivity contribution in [1.29, 1.82) is 0 Å². The molecule has 0 aromatic heterocycles. The first kappa shape index (κ1) is 38.1. The van der Waals surface area contributed by atoms with Crippen molar-refractivity contribution < 1.29 is 40.5 Å². The number of azo groups is 1. The number of benzene rings is 4. The Bertz CT molecular complexity index is 2650. The van der Waals surface area contributed by atoms with Gasteiger partial charge in [-0.25, -0.2) is 0 Å². The molecule has 0 radical (unpaired) electrons. The molecule has 6 N–H and O–H groups in total. The zero-order valence-corrected chi connectivity index (χ0v) is 30.0. The first-order valence-corrected chi connectivity index (χ1v) is 19.1. The van der Waals surface area contributed by atoms with Gasteiger partial charge in [-0.05, 0) is 103 Å². The molecule has 2 aliphatic carbocycles. The topological polar surface area (TPSA) is 286 Å². The highest BCUT2D eigenvalue weighted by Crippen LogP contribution is 2.41. The number of rotatable bonds is 11. The molecular formula is C34H24N8O10S3. The second-order valence-corrected chi connectivity index (χ2v) is 15.2. The number of non-ortho nitro benzene ring substituents is 1. The first-order valence-electron chi connectivity index (χ1n) is 15.4. The van der Waals surface area contributed by atoms with Crippen LogP contribution in [0.3, 0.4) is 0 Å². The van der Waals surface area contributed by atoms with E-state index < -0.39 is 69.0 Å². The van der Waals surface area contributed by atoms with E-state index in [0.717, 1.165) is 39.8 Å². The number of nitrogens with two attached hydrogens (primary N) is 1. The van der Waals surface area contributed by atoms with Crippen molar-refractivity contribution in [2.75, 3.05) is 16.6 Å². The molecule has 0 amide bonds. The Morgan fingerprint density at radius 3 is 1.84 bits per heavy atom. The fourth-order valence-corrected chi connectivity index (χ4v) is 7.09. The van der Waals surface area contributed by atoms with Crippen LogP contribution in [0.25, 0.3) is 6.08 Å². The standard InChI is InChI=1S/C34H24N8O10S3/c35-31-30-19(17-28(54(47,48)49)32(31)40-38-20-1-9-24(10-2-20)42(45)46)18-29(55(50,51)52)33(34(30)44)41-39-23-7-15-27(16-8-23)53-26-13-5-22(6-14-26)37-36-21-3-11-25(43)12-4-21/h1-18,37,39H,35H2,(H,47,48,49)(H,50,51,52)/b40-38?,41-33-. The van der Waals surface area contributed by atoms with Gasteiger partial charge in [0.25, 0.3) is 25.9 Å². The van der Waals surface area contributed by atoms with Gasteiger partial charge in [0, 0.05) is 21.9 Å². The second kappa shape index (κ2) is 15.4. The molecule has 0 fully saturated rings. The maximum atomic E-state index is 13.8. The third-order valence-electron chi connectivity index (χ3n) is 7.57. The number of nitrogens with zero attached hydrogens (tertiary/aromatic N) is 5. The highest BCUT2D eigenvalue weighted by molar-refractivity contribution is 7.99. The summed E-state index contributed by atoms with van der Waals surface area (Å²) in [6, 6.07) is 19.3. The predicted octanol–water partition coefficient (Wildman–Crippen LogP) is 6.35. The number of allylic oxidation sites excluding steroid dienone is 5. The van der Waals surface area contributed by atoms with Crippen molar-refractivity contribution in [2.24, 2.45) is 20.4 Å². The predicted molar refractivity (Wildman–Crippen MR) is 204 cm³/mol. The van der Waals surface area contributed by atoms with E-state index >= 15 is 0 Å². The summed E-state index contributed by atoms with van der Waals surface area (Å²) in [4.78, 5) is 35.1. The molecule has 6 rings (SSSR count). The van der Waals surface area contributed by atoms with E-state index in [1.165, 1.54) is 36.0 Å². The maximum Gasteiger partial charge on any atom is 0.296 e. The molecule has 18 nitrogen and oxygen atoms in total. The molecule has 0 bridgehead atoms. The summed E-state index contributed by atoms with van der Waals surface area (Å²) >= 11 is 1.42. The molecule has 0 aliphatic heterocycles. The molecular weight excluding hydrogens is 777 g/mol. The van der Waals surface area contributed by atoms with Crippen LogP contribution in [-0.2, 0) is 25.0 Å². The summed E-state index contributed by atoms with van der Waals surface area (Å²) in [5.41, 5.74) is 10.1. The number of nitro benzene ring substituents is 1. The minimum Gasteiger partial charge on any atom is -0.396 e. The Kier molecular flexibility index (Phi) is 10.6. The monoisotopic (exact) mass is 800 g/mol. The van der Waals surface area contributed by atoms with Crippen molar-refractivity contribution in [1.82, 2.24) is 0 Å². The largest absolute Gasteiger partial charge is 0.396 e. The van der Waals surface area contributed by atoms with Gasteiger partial charge in [0.2, 0.25) is 5.78 Å². The van der Waals surface area contributed by atoms with Crippen molar-refractivity contribution in [3.63, 3.8) is 0 Å². The van der Waals surface area contributed by atoms with Crippen LogP contribution in [-0.4, -0.2) is 53.9 Å². The van der Waals surface area contributed by atoms with Crippen LogP contribution in [0, 0.1) is 10.1 Å². The van der Waals surface area contributed by atoms with Gasteiger partial charge in [0.15, 0.2) is 11.5 Å². The molecule has 4 aromatic carbocycles. The summed E-state index contributed by atoms with van der Waals surface area (Å²) in [6.07, 6.45) is 6.78. The second-order valence-electron chi connectivity index (χ2n) is 11.3. The molecule has 0 heterocycles. The maximum absolute atomic E-state index is 13.8. The summed E-state index contributed by atoms with van der Waals surface area (Å²) < 4.78 is 69.4. The number of hydrazone groups is 2. The van der Waals surface area contributed by atoms with Gasteiger partial charge in [-0.2, -0.15) is 32.2 Å². The fraction of sp³-hybridized carbons (Fsp3) is 0. The Labute approximate surface area is 315 Å². The molecule has 21 heteroatoms. The average molecular weight is 801 g/mol. The highest BCUT2D eigenvalue weighted by atomic mass is 32.2. The molecule has 0 atom stereocenters. The third kappa shape index (κ3) is 8.94. The minimum atomic E-state index is -5.14. The SMILES string of the molecule is Nc1c(N=Nc2ccc([N+](=O)[O-])cc2)c(S(=O)(=O)O)cc2c1C(=O)/C(=N\Nc1ccc(Sc3ccc(NN=C4C=CC(=O)C=C4)cc3)cc1)C(S(=O)(=O)O)=C2. The van der Waals surface area contributed by atoms with Gasteiger partial charge in [0.05, 0.1) is 38.9 Å². The number of Topliss-reactive ketones (excluding diaryl/α,β-unsaturated/α-hetero) is 1. The number of carbonyl (C=O) groups excluding carboxylic acids is 2. The van der Waals surface area contributed by atoms with Crippen LogP contribution in [0.2, 0.25) is 0 Å². The van der Waals surface area contributed by atoms with Crippen LogP contribution in [0.1, 0.15) is 15.9 Å². The average Bonchev–Trinajstić information content (AvgIpc) is 3.14. The Morgan fingerprint density at radius 1 is 0.745 bits per heavy atom. The number of nitro groups is 1. The number of nitrogens with one attached hydrogen (secondary N) is 2. The van der Waals surface area contributed by atoms with Crippen LogP contribution >= 0.6 is 11.8 Å². The molecule has 0 saturated heterocycles. The van der Waals surface area contributed by atoms with Crippen molar-refractivity contribution in [3.05, 3.63) is 129 Å². The third-order valence-corrected chi connectivity index (χ3v) is 10.3. The Hall–Kier alpha value is -6.65. The van der Waals surface area contributed by atoms with Crippen LogP contribution in [0.15, 0.2) is 143 Å². The lowest BCUT2D eigenvalue weighted by atomic mass is 9.92. The smallest absolute Gasteiger partial charge is 0.296 e. The molecule has 55 heavy (non-hydrogen) atoms. The summed E-state index contributed by atoms with van der Waals surface area (Å²) in [5, 5.41) is 26.7. The Morgan fingerprint density at radius 2 is 1.31 bits per heavy atom. The first-order chi connectivity index (χ1) is 26.1. The summed E-state index contributed by atoms with van der Waals surface area (Å²) in [7, 11) is -10.3. The van der Waals surface area contributed by atoms with Gasteiger partial charge in [-0.15, -0.1) is 5.11 Å². The minimum absolute atomic E-state index is 0.0166. The molecule has 278 valence electrons. The number of hydrogen-bond donors (Lipinski definition) is 5. The number of ketones is 2. The highest BCUT2D eigenvalue weighted by Gasteiger charge is 2.37. The number of anilines is 3. The van der Waals surface area contributed by atoms with E-state index in [1.54, 1.807) is 36.4 Å². The number of hydrogen-bond acceptors (Lipinski definition) is 16. The van der Waals surface area contributed by atoms with Gasteiger partial charge in [-0.1, -0.05) is 11.8 Å². The lowest BCUT2D eigenvalue weighted by Gasteiger charge is -2.20. The zero-order valence-electron chi connectivity index (χ0n) is 27.6. The molecule has 2 aliphatic rings. The van der Waals surface area contributed by atoms with Crippen molar-refractivity contribution in [3.8, 4) is 0 Å². The molecule has 4 aromatic rings. The van der Waals surface area contributed by atoms with Crippen molar-refractivity contribution >= 4 is 95.2 Å². The summed E-state index contributed by atoms with van der Waals surface area (Å²) in [6.45, 7) is 0. The Balaban J connectivity index is 1.23. The van der Waals surface area contributed by atoms with E-state index in [2.05, 4.69) is 31.3 Å². The van der Waals surface area contributed by atoms with E-state index in [4.69, 9.17) is 5.73 Å². The number of nitrogen functional groups attached to an aromatic ring is 1. The molecule has 0 saturated carbocycles. The summed E-state index contributed by atoms with van der Waals surface area (Å²) in [5.74, 6) is -1.26. The van der Waals surface area contributed by atoms with Crippen LogP contribution in [0.4, 0.5) is 34.1 Å². The fourth-order valence-electron chi connectivity index (χ4n) is 4.95. The van der Waals surface area contributed by atoms with E-state index in [-0.39, 0.29) is 17.2 Å². The van der Waals surface area contributed by atoms with E-state index in [0.29, 0.717) is 11.4 Å². The zero-order chi connectivity index (χ0) is 39.5. The van der Waals surface area contributed by atoms with E-state index in [9.17, 15) is 45.6 Å².